The number of ketones is 1. The lowest BCUT2D eigenvalue weighted by molar-refractivity contribution is -0.239. The molecule has 0 aromatic heterocycles. The number of ether oxygens (including phenoxy) is 2. The maximum absolute atomic E-state index is 12.4. The van der Waals surface area contributed by atoms with Crippen LogP contribution in [0.5, 0.6) is 5.75 Å². The molecule has 1 aromatic carbocycles. The molecule has 0 amide bonds. The molecule has 1 aliphatic heterocycles. The molecule has 1 unspecified atom stereocenters. The van der Waals surface area contributed by atoms with Crippen molar-refractivity contribution in [3.8, 4) is 5.75 Å². The number of hydrogen-bond acceptors (Lipinski definition) is 5. The van der Waals surface area contributed by atoms with E-state index in [-0.39, 0.29) is 12.3 Å². The fourth-order valence-corrected chi connectivity index (χ4v) is 2.63. The molecule has 0 saturated heterocycles. The van der Waals surface area contributed by atoms with Gasteiger partial charge >= 0.3 is 0 Å². The Morgan fingerprint density at radius 3 is 2.70 bits per heavy atom. The fraction of sp³-hybridized carbons (Fsp3) is 0.611. The second-order valence-electron chi connectivity index (χ2n) is 7.46. The van der Waals surface area contributed by atoms with Crippen LogP contribution in [-0.4, -0.2) is 41.0 Å². The number of carbonyl (C=O) groups excluding carboxylic acids is 1. The van der Waals surface area contributed by atoms with Gasteiger partial charge < -0.3 is 14.6 Å². The molecule has 1 heterocycles. The Morgan fingerprint density at radius 2 is 2.04 bits per heavy atom. The molecule has 0 spiro atoms. The van der Waals surface area contributed by atoms with Crippen molar-refractivity contribution >= 4 is 5.78 Å². The van der Waals surface area contributed by atoms with Crippen LogP contribution >= 0.6 is 0 Å². The van der Waals surface area contributed by atoms with Crippen LogP contribution in [0, 0.1) is 5.92 Å². The van der Waals surface area contributed by atoms with Crippen LogP contribution in [0.3, 0.4) is 0 Å². The van der Waals surface area contributed by atoms with Gasteiger partial charge in [-0.3, -0.25) is 4.79 Å². The van der Waals surface area contributed by atoms with Crippen molar-refractivity contribution in [1.29, 1.82) is 0 Å². The number of carbonyl (C=O) groups is 1. The monoisotopic (exact) mass is 319 g/mol. The minimum Gasteiger partial charge on any atom is -0.493 e. The van der Waals surface area contributed by atoms with Crippen LogP contribution in [0.15, 0.2) is 18.2 Å². The third-order valence-corrected chi connectivity index (χ3v) is 4.06. The lowest BCUT2D eigenvalue weighted by Gasteiger charge is -2.34. The summed E-state index contributed by atoms with van der Waals surface area (Å²) in [5, 5.41) is 10.2. The van der Waals surface area contributed by atoms with Crippen molar-refractivity contribution in [3.05, 3.63) is 29.3 Å². The standard InChI is InChI=1S/C18H25NO4/c1-18(2,3)23-17(21)19-9-13-6-7-14(22-11-12-4-5-12)8-15(13)16(20)10-19/h6-8,12,17,21H,4-5,9-11H2,1-3H3. The summed E-state index contributed by atoms with van der Waals surface area (Å²) in [7, 11) is 0. The topological polar surface area (TPSA) is 59.0 Å². The summed E-state index contributed by atoms with van der Waals surface area (Å²) in [4.78, 5) is 14.0. The van der Waals surface area contributed by atoms with Gasteiger partial charge in [-0.05, 0) is 57.2 Å². The first kappa shape index (κ1) is 16.4. The maximum Gasteiger partial charge on any atom is 0.217 e. The zero-order valence-electron chi connectivity index (χ0n) is 14.0. The van der Waals surface area contributed by atoms with Crippen molar-refractivity contribution in [2.75, 3.05) is 13.2 Å². The van der Waals surface area contributed by atoms with Gasteiger partial charge in [-0.2, -0.15) is 0 Å². The Kier molecular flexibility index (Phi) is 4.45. The lowest BCUT2D eigenvalue weighted by atomic mass is 9.98. The first-order valence-electron chi connectivity index (χ1n) is 8.21. The van der Waals surface area contributed by atoms with Crippen LogP contribution in [0.4, 0.5) is 0 Å². The third-order valence-electron chi connectivity index (χ3n) is 4.06. The normalized spacial score (nSPS) is 20.3. The van der Waals surface area contributed by atoms with Crippen LogP contribution < -0.4 is 4.74 Å². The molecule has 5 heteroatoms. The average Bonchev–Trinajstić information content (AvgIpc) is 3.27. The summed E-state index contributed by atoms with van der Waals surface area (Å²) in [5.41, 5.74) is 1.12. The summed E-state index contributed by atoms with van der Waals surface area (Å²) in [6.45, 7) is 6.99. The van der Waals surface area contributed by atoms with Gasteiger partial charge in [0.2, 0.25) is 6.41 Å². The quantitative estimate of drug-likeness (QED) is 0.845. The number of fused-ring (bicyclic) bond motifs is 1. The third kappa shape index (κ3) is 4.31. The highest BCUT2D eigenvalue weighted by Crippen LogP contribution is 2.31. The highest BCUT2D eigenvalue weighted by molar-refractivity contribution is 6.00. The van der Waals surface area contributed by atoms with Crippen LogP contribution in [0.1, 0.15) is 49.5 Å². The van der Waals surface area contributed by atoms with Crippen LogP contribution in [0.25, 0.3) is 0 Å². The molecule has 1 aromatic rings. The molecule has 1 atom stereocenters. The number of aliphatic hydroxyl groups is 1. The highest BCUT2D eigenvalue weighted by atomic mass is 16.6. The van der Waals surface area contributed by atoms with Gasteiger partial charge in [0.05, 0.1) is 18.8 Å². The summed E-state index contributed by atoms with van der Waals surface area (Å²) < 4.78 is 11.3. The Balaban J connectivity index is 1.69. The molecule has 0 radical (unpaired) electrons. The lowest BCUT2D eigenvalue weighted by Crippen LogP contribution is -2.46. The SMILES string of the molecule is CC(C)(C)OC(O)N1CC(=O)c2cc(OCC3CC3)ccc2C1. The molecule has 3 rings (SSSR count). The fourth-order valence-electron chi connectivity index (χ4n) is 2.63. The van der Waals surface area contributed by atoms with E-state index < -0.39 is 12.0 Å². The largest absolute Gasteiger partial charge is 0.493 e. The summed E-state index contributed by atoms with van der Waals surface area (Å²) in [6, 6.07) is 5.63. The number of rotatable bonds is 5. The van der Waals surface area contributed by atoms with E-state index in [0.29, 0.717) is 18.0 Å². The number of nitrogens with zero attached hydrogens (tertiary/aromatic N) is 1. The van der Waals surface area contributed by atoms with E-state index in [1.165, 1.54) is 12.8 Å². The second-order valence-corrected chi connectivity index (χ2v) is 7.46. The molecule has 5 nitrogen and oxygen atoms in total. The van der Waals surface area contributed by atoms with Gasteiger partial charge in [-0.25, -0.2) is 4.90 Å². The molecule has 126 valence electrons. The molecule has 0 bridgehead atoms. The molecule has 1 fully saturated rings. The van der Waals surface area contributed by atoms with E-state index in [9.17, 15) is 9.90 Å². The molecular weight excluding hydrogens is 294 g/mol. The Labute approximate surface area is 137 Å². The van der Waals surface area contributed by atoms with E-state index in [2.05, 4.69) is 0 Å². The molecule has 2 aliphatic rings. The van der Waals surface area contributed by atoms with E-state index in [0.717, 1.165) is 17.9 Å². The van der Waals surface area contributed by atoms with Gasteiger partial charge in [0, 0.05) is 12.1 Å². The first-order chi connectivity index (χ1) is 10.8. The number of benzene rings is 1. The Bertz CT molecular complexity index is 589. The van der Waals surface area contributed by atoms with Crippen molar-refractivity contribution in [2.24, 2.45) is 5.92 Å². The minimum absolute atomic E-state index is 0.0142. The summed E-state index contributed by atoms with van der Waals surface area (Å²) in [6.07, 6.45) is 1.40. The molecule has 1 aliphatic carbocycles. The van der Waals surface area contributed by atoms with Crippen molar-refractivity contribution in [1.82, 2.24) is 4.90 Å². The number of hydrogen-bond donors (Lipinski definition) is 1. The van der Waals surface area contributed by atoms with Crippen molar-refractivity contribution in [3.63, 3.8) is 0 Å². The average molecular weight is 319 g/mol. The maximum atomic E-state index is 12.4. The highest BCUT2D eigenvalue weighted by Gasteiger charge is 2.30. The molecular formula is C18H25NO4. The summed E-state index contributed by atoms with van der Waals surface area (Å²) >= 11 is 0. The Morgan fingerprint density at radius 1 is 1.30 bits per heavy atom. The number of aliphatic hydroxyl groups excluding tert-OH is 1. The molecule has 1 saturated carbocycles. The minimum atomic E-state index is -1.09. The smallest absolute Gasteiger partial charge is 0.217 e. The van der Waals surface area contributed by atoms with Gasteiger partial charge in [0.1, 0.15) is 5.75 Å². The van der Waals surface area contributed by atoms with Crippen molar-refractivity contribution in [2.45, 2.75) is 52.2 Å². The predicted molar refractivity (Wildman–Crippen MR) is 86.2 cm³/mol. The van der Waals surface area contributed by atoms with Gasteiger partial charge in [0.15, 0.2) is 5.78 Å². The van der Waals surface area contributed by atoms with Crippen molar-refractivity contribution < 1.29 is 19.4 Å². The first-order valence-corrected chi connectivity index (χ1v) is 8.21. The van der Waals surface area contributed by atoms with Crippen LogP contribution in [0.2, 0.25) is 0 Å². The van der Waals surface area contributed by atoms with Crippen LogP contribution in [-0.2, 0) is 11.3 Å². The van der Waals surface area contributed by atoms with E-state index in [1.54, 1.807) is 4.90 Å². The molecule has 23 heavy (non-hydrogen) atoms. The second kappa shape index (κ2) is 6.23. The molecule has 1 N–H and O–H groups in total. The zero-order valence-corrected chi connectivity index (χ0v) is 14.0. The predicted octanol–water partition coefficient (Wildman–Crippen LogP) is 2.56. The van der Waals surface area contributed by atoms with Gasteiger partial charge in [-0.1, -0.05) is 6.07 Å². The van der Waals surface area contributed by atoms with Gasteiger partial charge in [-0.15, -0.1) is 0 Å². The summed E-state index contributed by atoms with van der Waals surface area (Å²) in [5.74, 6) is 1.42. The van der Waals surface area contributed by atoms with E-state index in [4.69, 9.17) is 9.47 Å². The zero-order chi connectivity index (χ0) is 16.6. The Hall–Kier alpha value is -1.43. The number of Topliss-reactive ketones (excluding diaryl/α,β-unsaturated/α-hetero) is 1. The van der Waals surface area contributed by atoms with E-state index in [1.807, 2.05) is 39.0 Å². The van der Waals surface area contributed by atoms with Gasteiger partial charge in [0.25, 0.3) is 0 Å². The van der Waals surface area contributed by atoms with E-state index >= 15 is 0 Å².